The van der Waals surface area contributed by atoms with Crippen LogP contribution in [0.3, 0.4) is 0 Å². The molecule has 1 N–H and O–H groups in total. The number of sulfonamides is 1. The second-order valence-electron chi connectivity index (χ2n) is 9.09. The third-order valence-electron chi connectivity index (χ3n) is 6.41. The molecule has 1 unspecified atom stereocenters. The molecule has 1 aromatic heterocycles. The van der Waals surface area contributed by atoms with Gasteiger partial charge in [-0.1, -0.05) is 41.4 Å². The number of amides is 1. The number of hydrogen-bond donors (Lipinski definition) is 1. The maximum atomic E-state index is 13.7. The van der Waals surface area contributed by atoms with E-state index in [1.54, 1.807) is 60.6 Å². The van der Waals surface area contributed by atoms with Crippen molar-refractivity contribution < 1.29 is 13.2 Å². The van der Waals surface area contributed by atoms with Crippen molar-refractivity contribution in [2.24, 2.45) is 0 Å². The lowest BCUT2D eigenvalue weighted by atomic mass is 10.1. The van der Waals surface area contributed by atoms with Crippen LogP contribution in [0.4, 0.5) is 5.69 Å². The third kappa shape index (κ3) is 5.73. The highest BCUT2D eigenvalue weighted by Crippen LogP contribution is 2.36. The average molecular weight is 567 g/mol. The molecule has 0 saturated carbocycles. The molecule has 4 aromatic rings. The predicted molar refractivity (Wildman–Crippen MR) is 148 cm³/mol. The molecule has 1 aliphatic carbocycles. The highest BCUT2D eigenvalue weighted by atomic mass is 35.5. The number of aryl methyl sites for hydroxylation is 2. The molecule has 0 fully saturated rings. The minimum atomic E-state index is -3.80. The molecule has 0 bridgehead atoms. The number of carbonyl (C=O) groups is 1. The van der Waals surface area contributed by atoms with Gasteiger partial charge in [-0.25, -0.2) is 23.1 Å². The Hall–Kier alpha value is -3.30. The van der Waals surface area contributed by atoms with E-state index < -0.39 is 16.1 Å². The Morgan fingerprint density at radius 3 is 2.42 bits per heavy atom. The maximum absolute atomic E-state index is 13.7. The zero-order valence-electron chi connectivity index (χ0n) is 20.4. The summed E-state index contributed by atoms with van der Waals surface area (Å²) in [5.74, 6) is 0.385. The molecule has 1 aliphatic rings. The first kappa shape index (κ1) is 26.3. The number of fused-ring (bicyclic) bond motifs is 1. The first-order valence-corrected chi connectivity index (χ1v) is 14.2. The number of aromatic nitrogens is 2. The smallest absolute Gasteiger partial charge is 0.258 e. The first-order chi connectivity index (χ1) is 18.2. The molecule has 194 valence electrons. The Balaban J connectivity index is 1.49. The van der Waals surface area contributed by atoms with Gasteiger partial charge in [0.1, 0.15) is 5.82 Å². The molecule has 1 heterocycles. The largest absolute Gasteiger partial charge is 0.304 e. The Labute approximate surface area is 231 Å². The van der Waals surface area contributed by atoms with E-state index >= 15 is 0 Å². The minimum Gasteiger partial charge on any atom is -0.304 e. The fourth-order valence-corrected chi connectivity index (χ4v) is 6.25. The van der Waals surface area contributed by atoms with Crippen LogP contribution in [0, 0.1) is 6.92 Å². The number of nitrogens with zero attached hydrogens (tertiary/aromatic N) is 3. The molecule has 5 rings (SSSR count). The van der Waals surface area contributed by atoms with Crippen LogP contribution in [-0.4, -0.2) is 24.3 Å². The number of halogens is 2. The van der Waals surface area contributed by atoms with Crippen molar-refractivity contribution in [3.8, 4) is 0 Å². The van der Waals surface area contributed by atoms with E-state index in [1.807, 2.05) is 18.2 Å². The molecule has 0 radical (unpaired) electrons. The maximum Gasteiger partial charge on any atom is 0.258 e. The van der Waals surface area contributed by atoms with Crippen molar-refractivity contribution in [2.75, 3.05) is 4.90 Å². The number of hydrogen-bond acceptors (Lipinski definition) is 5. The summed E-state index contributed by atoms with van der Waals surface area (Å²) in [6, 6.07) is 18.2. The van der Waals surface area contributed by atoms with Gasteiger partial charge in [-0.3, -0.25) is 4.79 Å². The van der Waals surface area contributed by atoms with Crippen molar-refractivity contribution in [1.82, 2.24) is 14.7 Å². The first-order valence-electron chi connectivity index (χ1n) is 12.0. The van der Waals surface area contributed by atoms with Gasteiger partial charge in [0.2, 0.25) is 10.0 Å². The monoisotopic (exact) mass is 566 g/mol. The van der Waals surface area contributed by atoms with Gasteiger partial charge in [0, 0.05) is 45.3 Å². The molecule has 0 aliphatic heterocycles. The second kappa shape index (κ2) is 10.8. The van der Waals surface area contributed by atoms with E-state index in [2.05, 4.69) is 14.7 Å². The fourth-order valence-electron chi connectivity index (χ4n) is 4.51. The van der Waals surface area contributed by atoms with Gasteiger partial charge in [-0.15, -0.1) is 0 Å². The molecular formula is C28H24Cl2N4O3S. The van der Waals surface area contributed by atoms with E-state index in [4.69, 9.17) is 23.2 Å². The van der Waals surface area contributed by atoms with Crippen LogP contribution in [-0.2, 0) is 23.0 Å². The van der Waals surface area contributed by atoms with Crippen LogP contribution < -0.4 is 9.62 Å². The topological polar surface area (TPSA) is 92.3 Å². The Morgan fingerprint density at radius 2 is 1.71 bits per heavy atom. The molecule has 1 amide bonds. The van der Waals surface area contributed by atoms with E-state index in [9.17, 15) is 13.2 Å². The van der Waals surface area contributed by atoms with Gasteiger partial charge in [0.05, 0.1) is 11.4 Å². The molecule has 1 atom stereocenters. The van der Waals surface area contributed by atoms with Gasteiger partial charge >= 0.3 is 0 Å². The van der Waals surface area contributed by atoms with E-state index in [-0.39, 0.29) is 17.3 Å². The van der Waals surface area contributed by atoms with Gasteiger partial charge in [-0.2, -0.15) is 0 Å². The number of anilines is 1. The van der Waals surface area contributed by atoms with Gasteiger partial charge in [0.15, 0.2) is 0 Å². The lowest BCUT2D eigenvalue weighted by Gasteiger charge is -2.25. The molecule has 0 saturated heterocycles. The Bertz CT molecular complexity index is 1610. The summed E-state index contributed by atoms with van der Waals surface area (Å²) >= 11 is 12.2. The summed E-state index contributed by atoms with van der Waals surface area (Å²) in [6.45, 7) is 2.02. The normalized spacial score (nSPS) is 14.8. The van der Waals surface area contributed by atoms with Crippen LogP contribution >= 0.6 is 23.2 Å². The van der Waals surface area contributed by atoms with E-state index in [0.717, 1.165) is 16.7 Å². The summed E-state index contributed by atoms with van der Waals surface area (Å²) in [7, 11) is -3.80. The highest BCUT2D eigenvalue weighted by molar-refractivity contribution is 7.89. The van der Waals surface area contributed by atoms with Crippen molar-refractivity contribution in [3.63, 3.8) is 0 Å². The number of carbonyl (C=O) groups excluding carboxylic acids is 1. The number of benzene rings is 3. The molecule has 0 spiro atoms. The fraction of sp³-hybridized carbons (Fsp3) is 0.179. The standard InChI is InChI=1S/C28H24Cl2N4O3S/c1-18-31-15-19(16-32-18)17-34(28(35)21-4-2-5-22(29)12-21)24-10-8-20-9-11-27(26(20)14-24)33-38(36,37)25-7-3-6-23(30)13-25/h2-8,10,12-16,27,33H,9,11,17H2,1H3. The lowest BCUT2D eigenvalue weighted by molar-refractivity contribution is 0.0985. The number of nitrogens with one attached hydrogen (secondary N) is 1. The Kier molecular flexibility index (Phi) is 7.49. The van der Waals surface area contributed by atoms with Crippen molar-refractivity contribution in [3.05, 3.63) is 117 Å². The van der Waals surface area contributed by atoms with Gasteiger partial charge in [-0.05, 0) is 79.4 Å². The lowest BCUT2D eigenvalue weighted by Crippen LogP contribution is -2.31. The van der Waals surface area contributed by atoms with E-state index in [1.165, 1.54) is 12.1 Å². The van der Waals surface area contributed by atoms with Crippen molar-refractivity contribution >= 4 is 44.8 Å². The van der Waals surface area contributed by atoms with Gasteiger partial charge in [0.25, 0.3) is 5.91 Å². The van der Waals surface area contributed by atoms with Crippen LogP contribution in [0.5, 0.6) is 0 Å². The van der Waals surface area contributed by atoms with Crippen molar-refractivity contribution in [1.29, 1.82) is 0 Å². The van der Waals surface area contributed by atoms with Gasteiger partial charge < -0.3 is 4.90 Å². The summed E-state index contributed by atoms with van der Waals surface area (Å²) in [6.07, 6.45) is 4.70. The second-order valence-corrected chi connectivity index (χ2v) is 11.7. The minimum absolute atomic E-state index is 0.103. The highest BCUT2D eigenvalue weighted by Gasteiger charge is 2.29. The van der Waals surface area contributed by atoms with Crippen LogP contribution in [0.15, 0.2) is 84.0 Å². The quantitative estimate of drug-likeness (QED) is 0.300. The van der Waals surface area contributed by atoms with Crippen molar-refractivity contribution in [2.45, 2.75) is 37.2 Å². The molecule has 10 heteroatoms. The summed E-state index contributed by atoms with van der Waals surface area (Å²) in [5.41, 5.74) is 3.68. The van der Waals surface area contributed by atoms with Crippen LogP contribution in [0.2, 0.25) is 10.0 Å². The molecule has 7 nitrogen and oxygen atoms in total. The van der Waals surface area contributed by atoms with Crippen LogP contribution in [0.25, 0.3) is 0 Å². The average Bonchev–Trinajstić information content (AvgIpc) is 3.29. The zero-order chi connectivity index (χ0) is 26.9. The third-order valence-corrected chi connectivity index (χ3v) is 8.35. The Morgan fingerprint density at radius 1 is 1.00 bits per heavy atom. The zero-order valence-corrected chi connectivity index (χ0v) is 22.8. The summed E-state index contributed by atoms with van der Waals surface area (Å²) in [4.78, 5) is 23.9. The summed E-state index contributed by atoms with van der Waals surface area (Å²) in [5, 5.41) is 0.802. The molecular weight excluding hydrogens is 543 g/mol. The predicted octanol–water partition coefficient (Wildman–Crippen LogP) is 5.90. The molecule has 38 heavy (non-hydrogen) atoms. The summed E-state index contributed by atoms with van der Waals surface area (Å²) < 4.78 is 29.0. The number of rotatable bonds is 7. The van der Waals surface area contributed by atoms with Crippen LogP contribution in [0.1, 0.15) is 45.3 Å². The SMILES string of the molecule is Cc1ncc(CN(C(=O)c2cccc(Cl)c2)c2ccc3c(c2)C(NS(=O)(=O)c2cccc(Cl)c2)CC3)cn1. The molecule has 3 aromatic carbocycles. The van der Waals surface area contributed by atoms with E-state index in [0.29, 0.717) is 40.0 Å².